The summed E-state index contributed by atoms with van der Waals surface area (Å²) in [6, 6.07) is 7.82. The number of sulfone groups is 1. The number of esters is 1. The van der Waals surface area contributed by atoms with Gasteiger partial charge in [0, 0.05) is 24.5 Å². The van der Waals surface area contributed by atoms with Crippen molar-refractivity contribution in [1.29, 1.82) is 0 Å². The number of nitrogens with one attached hydrogen (secondary N) is 1. The molecule has 0 heterocycles. The Bertz CT molecular complexity index is 1180. The molecule has 0 radical (unpaired) electrons. The molecule has 11 heteroatoms. The van der Waals surface area contributed by atoms with Gasteiger partial charge in [-0.1, -0.05) is 6.07 Å². The quantitative estimate of drug-likeness (QED) is 0.456. The molecule has 0 aliphatic rings. The van der Waals surface area contributed by atoms with Crippen molar-refractivity contribution in [3.8, 4) is 23.0 Å². The molecule has 2 aromatic rings. The van der Waals surface area contributed by atoms with Gasteiger partial charge < -0.3 is 29.0 Å². The Morgan fingerprint density at radius 2 is 1.54 bits per heavy atom. The second kappa shape index (κ2) is 12.1. The van der Waals surface area contributed by atoms with E-state index in [1.165, 1.54) is 60.5 Å². The molecular weight excluding hydrogens is 478 g/mol. The van der Waals surface area contributed by atoms with Crippen LogP contribution >= 0.6 is 0 Å². The second-order valence-corrected chi connectivity index (χ2v) is 9.22. The summed E-state index contributed by atoms with van der Waals surface area (Å²) in [7, 11) is 2.08. The Labute approximate surface area is 204 Å². The summed E-state index contributed by atoms with van der Waals surface area (Å²) >= 11 is 0. The van der Waals surface area contributed by atoms with Crippen molar-refractivity contribution >= 4 is 33.5 Å². The summed E-state index contributed by atoms with van der Waals surface area (Å²) in [5.41, 5.74) is 1.08. The van der Waals surface area contributed by atoms with Gasteiger partial charge in [0.25, 0.3) is 5.91 Å². The van der Waals surface area contributed by atoms with Crippen LogP contribution in [0, 0.1) is 0 Å². The fourth-order valence-electron chi connectivity index (χ4n) is 3.13. The fourth-order valence-corrected chi connectivity index (χ4v) is 4.21. The lowest BCUT2D eigenvalue weighted by atomic mass is 10.1. The molecular formula is C24H29NO9S. The van der Waals surface area contributed by atoms with Crippen LogP contribution < -0.4 is 24.3 Å². The largest absolute Gasteiger partial charge is 0.496 e. The van der Waals surface area contributed by atoms with E-state index in [0.717, 1.165) is 5.41 Å². The van der Waals surface area contributed by atoms with Gasteiger partial charge in [-0.15, -0.1) is 0 Å². The van der Waals surface area contributed by atoms with Crippen LogP contribution in [0.25, 0.3) is 6.08 Å². The van der Waals surface area contributed by atoms with Gasteiger partial charge in [-0.3, -0.25) is 9.59 Å². The summed E-state index contributed by atoms with van der Waals surface area (Å²) in [6.45, 7) is 2.62. The highest BCUT2D eigenvalue weighted by molar-refractivity contribution is 7.93. The molecule has 1 amide bonds. The topological polar surface area (TPSA) is 126 Å². The molecule has 2 rings (SSSR count). The zero-order valence-electron chi connectivity index (χ0n) is 20.4. The lowest BCUT2D eigenvalue weighted by Gasteiger charge is -2.15. The van der Waals surface area contributed by atoms with Crippen molar-refractivity contribution < 1.29 is 41.7 Å². The number of carbonyl (C=O) groups is 2. The predicted octanol–water partition coefficient (Wildman–Crippen LogP) is 3.20. The van der Waals surface area contributed by atoms with E-state index >= 15 is 0 Å². The van der Waals surface area contributed by atoms with Crippen LogP contribution in [0.15, 0.2) is 35.7 Å². The van der Waals surface area contributed by atoms with E-state index in [1.54, 1.807) is 18.2 Å². The maximum absolute atomic E-state index is 12.8. The number of amides is 1. The SMILES string of the molecule is COc1cc(OC)c(/C=C/S(=O)(=O)Cc2ccc(OC)c(NC(=O)C(C)OC(C)=O)c2)c(OC)c1. The number of carbonyl (C=O) groups excluding carboxylic acids is 2. The third-order valence-corrected chi connectivity index (χ3v) is 6.08. The maximum Gasteiger partial charge on any atom is 0.303 e. The third kappa shape index (κ3) is 7.64. The molecule has 0 spiro atoms. The van der Waals surface area contributed by atoms with Crippen LogP contribution in [0.2, 0.25) is 0 Å². The highest BCUT2D eigenvalue weighted by Crippen LogP contribution is 2.35. The molecule has 2 aromatic carbocycles. The van der Waals surface area contributed by atoms with E-state index in [1.807, 2.05) is 0 Å². The monoisotopic (exact) mass is 507 g/mol. The van der Waals surface area contributed by atoms with Gasteiger partial charge in [-0.05, 0) is 30.7 Å². The van der Waals surface area contributed by atoms with E-state index in [-0.39, 0.29) is 11.4 Å². The van der Waals surface area contributed by atoms with Crippen molar-refractivity contribution in [2.24, 2.45) is 0 Å². The summed E-state index contributed by atoms with van der Waals surface area (Å²) in [4.78, 5) is 23.4. The number of ether oxygens (including phenoxy) is 5. The Hall–Kier alpha value is -3.73. The molecule has 0 fully saturated rings. The van der Waals surface area contributed by atoms with E-state index in [0.29, 0.717) is 34.1 Å². The normalized spacial score (nSPS) is 12.1. The molecule has 35 heavy (non-hydrogen) atoms. The van der Waals surface area contributed by atoms with Gasteiger partial charge in [0.15, 0.2) is 15.9 Å². The smallest absolute Gasteiger partial charge is 0.303 e. The standard InChI is InChI=1S/C24H29NO9S/c1-15(34-16(2)26)24(27)25-20-11-17(7-8-21(20)31-4)14-35(28,29)10-9-19-22(32-5)12-18(30-3)13-23(19)33-6/h7-13,15H,14H2,1-6H3,(H,25,27)/b10-9+. The Balaban J connectivity index is 2.30. The molecule has 0 aromatic heterocycles. The summed E-state index contributed by atoms with van der Waals surface area (Å²) in [5.74, 6) is 0.0326. The zero-order valence-corrected chi connectivity index (χ0v) is 21.2. The Morgan fingerprint density at radius 3 is 2.06 bits per heavy atom. The number of methoxy groups -OCH3 is 4. The average molecular weight is 508 g/mol. The molecule has 10 nitrogen and oxygen atoms in total. The van der Waals surface area contributed by atoms with E-state index < -0.39 is 27.8 Å². The van der Waals surface area contributed by atoms with Crippen molar-refractivity contribution in [2.75, 3.05) is 33.8 Å². The predicted molar refractivity (Wildman–Crippen MR) is 131 cm³/mol. The molecule has 1 atom stereocenters. The summed E-state index contributed by atoms with van der Waals surface area (Å²) in [5, 5.41) is 3.65. The van der Waals surface area contributed by atoms with Gasteiger partial charge >= 0.3 is 5.97 Å². The minimum Gasteiger partial charge on any atom is -0.496 e. The molecule has 1 N–H and O–H groups in total. The molecule has 1 unspecified atom stereocenters. The van der Waals surface area contributed by atoms with Gasteiger partial charge in [-0.2, -0.15) is 0 Å². The average Bonchev–Trinajstić information content (AvgIpc) is 2.81. The van der Waals surface area contributed by atoms with Crippen LogP contribution in [-0.4, -0.2) is 54.8 Å². The fraction of sp³-hybridized carbons (Fsp3) is 0.333. The summed E-state index contributed by atoms with van der Waals surface area (Å²) < 4.78 is 51.7. The highest BCUT2D eigenvalue weighted by Gasteiger charge is 2.19. The van der Waals surface area contributed by atoms with Gasteiger partial charge in [-0.25, -0.2) is 8.42 Å². The first-order valence-electron chi connectivity index (χ1n) is 10.4. The zero-order chi connectivity index (χ0) is 26.2. The second-order valence-electron chi connectivity index (χ2n) is 7.33. The third-order valence-electron chi connectivity index (χ3n) is 4.80. The minimum atomic E-state index is -3.74. The molecule has 0 saturated carbocycles. The van der Waals surface area contributed by atoms with Crippen LogP contribution in [0.1, 0.15) is 25.0 Å². The number of rotatable bonds is 11. The van der Waals surface area contributed by atoms with Crippen molar-refractivity contribution in [3.63, 3.8) is 0 Å². The van der Waals surface area contributed by atoms with Gasteiger partial charge in [0.2, 0.25) is 0 Å². The number of anilines is 1. The van der Waals surface area contributed by atoms with Gasteiger partial charge in [0.05, 0.1) is 45.4 Å². The Kier molecular flexibility index (Phi) is 9.52. The van der Waals surface area contributed by atoms with Crippen LogP contribution in [0.5, 0.6) is 23.0 Å². The highest BCUT2D eigenvalue weighted by atomic mass is 32.2. The van der Waals surface area contributed by atoms with Crippen LogP contribution in [0.4, 0.5) is 5.69 Å². The number of hydrogen-bond acceptors (Lipinski definition) is 9. The first-order chi connectivity index (χ1) is 16.5. The lowest BCUT2D eigenvalue weighted by Crippen LogP contribution is -2.29. The lowest BCUT2D eigenvalue weighted by molar-refractivity contribution is -0.150. The van der Waals surface area contributed by atoms with Crippen LogP contribution in [0.3, 0.4) is 0 Å². The number of hydrogen-bond donors (Lipinski definition) is 1. The van der Waals surface area contributed by atoms with Crippen molar-refractivity contribution in [3.05, 3.63) is 46.9 Å². The Morgan fingerprint density at radius 1 is 0.943 bits per heavy atom. The first kappa shape index (κ1) is 27.5. The molecule has 0 bridgehead atoms. The molecule has 0 aliphatic heterocycles. The number of benzene rings is 2. The molecule has 190 valence electrons. The van der Waals surface area contributed by atoms with Crippen molar-refractivity contribution in [1.82, 2.24) is 0 Å². The van der Waals surface area contributed by atoms with E-state index in [2.05, 4.69) is 5.32 Å². The minimum absolute atomic E-state index is 0.242. The molecule has 0 aliphatic carbocycles. The molecule has 0 saturated heterocycles. The summed E-state index contributed by atoms with van der Waals surface area (Å²) in [6.07, 6.45) is 0.348. The maximum atomic E-state index is 12.8. The van der Waals surface area contributed by atoms with Crippen molar-refractivity contribution in [2.45, 2.75) is 25.7 Å². The van der Waals surface area contributed by atoms with E-state index in [4.69, 9.17) is 23.7 Å². The first-order valence-corrected chi connectivity index (χ1v) is 12.1. The van der Waals surface area contributed by atoms with E-state index in [9.17, 15) is 18.0 Å². The van der Waals surface area contributed by atoms with Crippen LogP contribution in [-0.2, 0) is 29.9 Å². The van der Waals surface area contributed by atoms with Gasteiger partial charge in [0.1, 0.15) is 23.0 Å².